The van der Waals surface area contributed by atoms with Crippen molar-refractivity contribution in [2.24, 2.45) is 5.73 Å². The molecule has 0 saturated carbocycles. The molecule has 1 aliphatic rings. The number of amides is 1. The number of nitrogens with two attached hydrogens (primary N) is 1. The predicted molar refractivity (Wildman–Crippen MR) is 45.7 cm³/mol. The van der Waals surface area contributed by atoms with Gasteiger partial charge in [-0.25, -0.2) is 0 Å². The minimum Gasteiger partial charge on any atom is -0.380 e. The van der Waals surface area contributed by atoms with E-state index in [1.54, 1.807) is 4.90 Å². The smallest absolute Gasteiger partial charge is 0.239 e. The third-order valence-corrected chi connectivity index (χ3v) is 2.05. The van der Waals surface area contributed by atoms with Crippen LogP contribution in [0.4, 0.5) is 0 Å². The maximum Gasteiger partial charge on any atom is 0.239 e. The van der Waals surface area contributed by atoms with Gasteiger partial charge in [0.15, 0.2) is 0 Å². The zero-order chi connectivity index (χ0) is 8.97. The van der Waals surface area contributed by atoms with Crippen LogP contribution in [0.2, 0.25) is 0 Å². The van der Waals surface area contributed by atoms with Gasteiger partial charge in [0.2, 0.25) is 5.91 Å². The summed E-state index contributed by atoms with van der Waals surface area (Å²) in [6.07, 6.45) is 0.783. The van der Waals surface area contributed by atoms with Crippen LogP contribution in [-0.4, -0.2) is 43.2 Å². The molecule has 4 nitrogen and oxygen atoms in total. The van der Waals surface area contributed by atoms with Crippen molar-refractivity contribution in [2.45, 2.75) is 19.4 Å². The summed E-state index contributed by atoms with van der Waals surface area (Å²) in [6, 6.07) is -0.272. The van der Waals surface area contributed by atoms with Crippen molar-refractivity contribution in [1.29, 1.82) is 0 Å². The first-order chi connectivity index (χ1) is 5.75. The van der Waals surface area contributed by atoms with Gasteiger partial charge in [-0.1, -0.05) is 0 Å². The molecule has 1 atom stereocenters. The Kier molecular flexibility index (Phi) is 3.49. The molecule has 2 N–H and O–H groups in total. The van der Waals surface area contributed by atoms with Gasteiger partial charge >= 0.3 is 0 Å². The van der Waals surface area contributed by atoms with E-state index in [4.69, 9.17) is 10.5 Å². The molecule has 4 heteroatoms. The molecule has 1 rings (SSSR count). The third-order valence-electron chi connectivity index (χ3n) is 2.05. The number of nitrogens with zero attached hydrogens (tertiary/aromatic N) is 1. The van der Waals surface area contributed by atoms with E-state index in [1.165, 1.54) is 0 Å². The van der Waals surface area contributed by atoms with Gasteiger partial charge in [-0.2, -0.15) is 0 Å². The van der Waals surface area contributed by atoms with Gasteiger partial charge in [0.1, 0.15) is 0 Å². The summed E-state index contributed by atoms with van der Waals surface area (Å²) in [5, 5.41) is 0. The Labute approximate surface area is 72.7 Å². The van der Waals surface area contributed by atoms with E-state index in [0.717, 1.165) is 13.0 Å². The van der Waals surface area contributed by atoms with Crippen molar-refractivity contribution in [3.8, 4) is 0 Å². The van der Waals surface area contributed by atoms with Gasteiger partial charge in [0.05, 0.1) is 12.6 Å². The Bertz CT molecular complexity index is 161. The molecule has 0 aliphatic carbocycles. The van der Waals surface area contributed by atoms with Crippen molar-refractivity contribution < 1.29 is 9.53 Å². The van der Waals surface area contributed by atoms with Crippen LogP contribution in [0, 0.1) is 0 Å². The second kappa shape index (κ2) is 4.42. The number of hydrogen-bond donors (Lipinski definition) is 1. The molecule has 0 radical (unpaired) electrons. The van der Waals surface area contributed by atoms with E-state index >= 15 is 0 Å². The molecule has 1 amide bonds. The molecule has 0 bridgehead atoms. The van der Waals surface area contributed by atoms with Gasteiger partial charge in [0.25, 0.3) is 0 Å². The number of likely N-dealkylation sites (tertiary alicyclic amines) is 1. The van der Waals surface area contributed by atoms with Crippen LogP contribution < -0.4 is 5.73 Å². The maximum absolute atomic E-state index is 11.2. The first kappa shape index (κ1) is 9.48. The van der Waals surface area contributed by atoms with Crippen LogP contribution in [0.3, 0.4) is 0 Å². The van der Waals surface area contributed by atoms with Gasteiger partial charge in [-0.05, 0) is 13.3 Å². The largest absolute Gasteiger partial charge is 0.380 e. The predicted octanol–water partition coefficient (Wildman–Crippen LogP) is -0.417. The summed E-state index contributed by atoms with van der Waals surface area (Å²) < 4.78 is 5.14. The fourth-order valence-electron chi connectivity index (χ4n) is 1.30. The van der Waals surface area contributed by atoms with E-state index in [1.807, 2.05) is 6.92 Å². The lowest BCUT2D eigenvalue weighted by Gasteiger charge is -2.15. The lowest BCUT2D eigenvalue weighted by Crippen LogP contribution is -2.35. The molecule has 0 spiro atoms. The number of hydrogen-bond acceptors (Lipinski definition) is 3. The Morgan fingerprint density at radius 3 is 3.00 bits per heavy atom. The molecular formula is C8H16N2O2. The molecule has 1 unspecified atom stereocenters. The van der Waals surface area contributed by atoms with Crippen LogP contribution in [0.25, 0.3) is 0 Å². The van der Waals surface area contributed by atoms with Crippen LogP contribution in [0.5, 0.6) is 0 Å². The average Bonchev–Trinajstić information content (AvgIpc) is 2.36. The highest BCUT2D eigenvalue weighted by Gasteiger charge is 2.27. The second-order valence-corrected chi connectivity index (χ2v) is 2.92. The summed E-state index contributed by atoms with van der Waals surface area (Å²) in [5.41, 5.74) is 5.54. The molecule has 1 saturated heterocycles. The van der Waals surface area contributed by atoms with Crippen molar-refractivity contribution in [2.75, 3.05) is 26.3 Å². The molecule has 0 aromatic heterocycles. The van der Waals surface area contributed by atoms with E-state index in [9.17, 15) is 4.79 Å². The Hall–Kier alpha value is -0.610. The molecule has 1 aliphatic heterocycles. The Morgan fingerprint density at radius 1 is 1.75 bits per heavy atom. The fourth-order valence-corrected chi connectivity index (χ4v) is 1.30. The van der Waals surface area contributed by atoms with Crippen molar-refractivity contribution in [3.05, 3.63) is 0 Å². The van der Waals surface area contributed by atoms with Gasteiger partial charge in [-0.15, -0.1) is 0 Å². The van der Waals surface area contributed by atoms with E-state index in [-0.39, 0.29) is 11.9 Å². The molecule has 70 valence electrons. The average molecular weight is 172 g/mol. The van der Waals surface area contributed by atoms with Crippen LogP contribution in [0.15, 0.2) is 0 Å². The van der Waals surface area contributed by atoms with Crippen LogP contribution >= 0.6 is 0 Å². The van der Waals surface area contributed by atoms with E-state index in [2.05, 4.69) is 0 Å². The van der Waals surface area contributed by atoms with Gasteiger partial charge in [-0.3, -0.25) is 4.79 Å². The fraction of sp³-hybridized carbons (Fsp3) is 0.875. The van der Waals surface area contributed by atoms with Crippen molar-refractivity contribution in [1.82, 2.24) is 4.90 Å². The topological polar surface area (TPSA) is 55.6 Å². The van der Waals surface area contributed by atoms with Crippen molar-refractivity contribution in [3.63, 3.8) is 0 Å². The highest BCUT2D eigenvalue weighted by Crippen LogP contribution is 2.07. The Morgan fingerprint density at radius 2 is 2.50 bits per heavy atom. The summed E-state index contributed by atoms with van der Waals surface area (Å²) in [4.78, 5) is 13.0. The van der Waals surface area contributed by atoms with Crippen molar-refractivity contribution >= 4 is 5.91 Å². The minimum absolute atomic E-state index is 0.0645. The number of carbonyl (C=O) groups excluding carboxylic acids is 1. The lowest BCUT2D eigenvalue weighted by molar-refractivity contribution is -0.129. The summed E-state index contributed by atoms with van der Waals surface area (Å²) in [7, 11) is 0. The highest BCUT2D eigenvalue weighted by molar-refractivity contribution is 5.83. The quantitative estimate of drug-likeness (QED) is 0.586. The Balaban J connectivity index is 2.20. The van der Waals surface area contributed by atoms with Gasteiger partial charge in [0, 0.05) is 19.7 Å². The van der Waals surface area contributed by atoms with E-state index in [0.29, 0.717) is 19.8 Å². The zero-order valence-corrected chi connectivity index (χ0v) is 7.45. The third kappa shape index (κ3) is 2.19. The van der Waals surface area contributed by atoms with Crippen LogP contribution in [-0.2, 0) is 9.53 Å². The number of carbonyl (C=O) groups is 1. The molecular weight excluding hydrogens is 156 g/mol. The lowest BCUT2D eigenvalue weighted by atomic mass is 10.3. The molecule has 0 aromatic rings. The first-order valence-electron chi connectivity index (χ1n) is 4.37. The molecule has 1 heterocycles. The molecule has 0 aromatic carbocycles. The minimum atomic E-state index is -0.272. The summed E-state index contributed by atoms with van der Waals surface area (Å²) >= 11 is 0. The van der Waals surface area contributed by atoms with E-state index < -0.39 is 0 Å². The van der Waals surface area contributed by atoms with Gasteiger partial charge < -0.3 is 15.4 Å². The maximum atomic E-state index is 11.2. The standard InChI is InChI=1S/C8H16N2O2/c1-2-12-6-5-10-4-3-7(9)8(10)11/h7H,2-6,9H2,1H3. The summed E-state index contributed by atoms with van der Waals surface area (Å²) in [5.74, 6) is 0.0645. The zero-order valence-electron chi connectivity index (χ0n) is 7.45. The molecule has 1 fully saturated rings. The SMILES string of the molecule is CCOCCN1CCC(N)C1=O. The second-order valence-electron chi connectivity index (χ2n) is 2.92. The number of ether oxygens (including phenoxy) is 1. The monoisotopic (exact) mass is 172 g/mol. The van der Waals surface area contributed by atoms with Crippen LogP contribution in [0.1, 0.15) is 13.3 Å². The number of rotatable bonds is 4. The molecule has 12 heavy (non-hydrogen) atoms. The normalized spacial score (nSPS) is 23.7. The first-order valence-corrected chi connectivity index (χ1v) is 4.37. The highest BCUT2D eigenvalue weighted by atomic mass is 16.5. The summed E-state index contributed by atoms with van der Waals surface area (Å²) in [6.45, 7) is 4.73.